The van der Waals surface area contributed by atoms with Crippen molar-refractivity contribution in [1.82, 2.24) is 0 Å². The van der Waals surface area contributed by atoms with E-state index in [0.29, 0.717) is 17.1 Å². The number of amides is 1. The first kappa shape index (κ1) is 15.1. The number of rotatable bonds is 3. The summed E-state index contributed by atoms with van der Waals surface area (Å²) in [5.74, 6) is -0.0486. The quantitative estimate of drug-likeness (QED) is 0.766. The SMILES string of the molecule is NC1(CC(=O)Nc2ccc(I)cc2Cl)CCCCC1. The summed E-state index contributed by atoms with van der Waals surface area (Å²) in [5, 5.41) is 3.42. The third kappa shape index (κ3) is 4.33. The molecule has 1 aromatic rings. The summed E-state index contributed by atoms with van der Waals surface area (Å²) in [6.07, 6.45) is 5.70. The van der Waals surface area contributed by atoms with Gasteiger partial charge >= 0.3 is 0 Å². The molecule has 0 radical (unpaired) electrons. The third-order valence-corrected chi connectivity index (χ3v) is 4.55. The molecule has 3 N–H and O–H groups in total. The van der Waals surface area contributed by atoms with Gasteiger partial charge in [-0.1, -0.05) is 30.9 Å². The molecule has 1 saturated carbocycles. The van der Waals surface area contributed by atoms with Crippen molar-refractivity contribution < 1.29 is 4.79 Å². The standard InChI is InChI=1S/C14H18ClIN2O/c15-11-8-10(16)4-5-12(11)18-13(19)9-14(17)6-2-1-3-7-14/h4-5,8H,1-3,6-7,9,17H2,(H,18,19). The van der Waals surface area contributed by atoms with Crippen molar-refractivity contribution in [3.8, 4) is 0 Å². The fourth-order valence-corrected chi connectivity index (χ4v) is 3.44. The Balaban J connectivity index is 1.97. The minimum absolute atomic E-state index is 0.0486. The Morgan fingerprint density at radius 3 is 2.68 bits per heavy atom. The first-order valence-corrected chi connectivity index (χ1v) is 7.98. The molecule has 104 valence electrons. The number of nitrogens with one attached hydrogen (secondary N) is 1. The lowest BCUT2D eigenvalue weighted by molar-refractivity contribution is -0.117. The Labute approximate surface area is 132 Å². The van der Waals surface area contributed by atoms with Crippen LogP contribution in [0.5, 0.6) is 0 Å². The van der Waals surface area contributed by atoms with Gasteiger partial charge in [-0.05, 0) is 53.6 Å². The number of hydrogen-bond donors (Lipinski definition) is 2. The van der Waals surface area contributed by atoms with E-state index in [0.717, 1.165) is 29.3 Å². The summed E-state index contributed by atoms with van der Waals surface area (Å²) in [5.41, 5.74) is 6.60. The molecule has 0 saturated heterocycles. The normalized spacial score (nSPS) is 18.1. The van der Waals surface area contributed by atoms with E-state index in [9.17, 15) is 4.79 Å². The van der Waals surface area contributed by atoms with E-state index in [2.05, 4.69) is 27.9 Å². The lowest BCUT2D eigenvalue weighted by Crippen LogP contribution is -2.44. The molecule has 0 unspecified atom stereocenters. The van der Waals surface area contributed by atoms with Crippen LogP contribution in [-0.4, -0.2) is 11.4 Å². The van der Waals surface area contributed by atoms with Crippen LogP contribution in [0.3, 0.4) is 0 Å². The van der Waals surface area contributed by atoms with Gasteiger partial charge in [0.05, 0.1) is 10.7 Å². The molecule has 5 heteroatoms. The first-order chi connectivity index (χ1) is 8.98. The number of carbonyl (C=O) groups is 1. The van der Waals surface area contributed by atoms with E-state index in [-0.39, 0.29) is 11.4 Å². The number of nitrogens with two attached hydrogens (primary N) is 1. The zero-order chi connectivity index (χ0) is 13.9. The maximum absolute atomic E-state index is 12.1. The molecule has 0 aromatic heterocycles. The molecule has 0 bridgehead atoms. The van der Waals surface area contributed by atoms with E-state index < -0.39 is 0 Å². The van der Waals surface area contributed by atoms with Crippen LogP contribution in [0.15, 0.2) is 18.2 Å². The van der Waals surface area contributed by atoms with Crippen LogP contribution in [0.2, 0.25) is 5.02 Å². The van der Waals surface area contributed by atoms with Crippen molar-refractivity contribution in [2.45, 2.75) is 44.1 Å². The highest BCUT2D eigenvalue weighted by Crippen LogP contribution is 2.30. The molecule has 3 nitrogen and oxygen atoms in total. The largest absolute Gasteiger partial charge is 0.325 e. The summed E-state index contributed by atoms with van der Waals surface area (Å²) in [4.78, 5) is 12.1. The Bertz CT molecular complexity index is 473. The van der Waals surface area contributed by atoms with Crippen molar-refractivity contribution in [3.05, 3.63) is 26.8 Å². The average Bonchev–Trinajstić information content (AvgIpc) is 2.33. The van der Waals surface area contributed by atoms with Gasteiger partial charge < -0.3 is 11.1 Å². The highest BCUT2D eigenvalue weighted by molar-refractivity contribution is 14.1. The minimum Gasteiger partial charge on any atom is -0.325 e. The number of benzene rings is 1. The summed E-state index contributed by atoms with van der Waals surface area (Å²) in [6.45, 7) is 0. The van der Waals surface area contributed by atoms with Gasteiger partial charge in [0.1, 0.15) is 0 Å². The molecule has 1 fully saturated rings. The smallest absolute Gasteiger partial charge is 0.226 e. The van der Waals surface area contributed by atoms with Crippen molar-refractivity contribution in [3.63, 3.8) is 0 Å². The van der Waals surface area contributed by atoms with Gasteiger partial charge in [-0.2, -0.15) is 0 Å². The molecule has 2 rings (SSSR count). The third-order valence-electron chi connectivity index (χ3n) is 3.57. The monoisotopic (exact) mass is 392 g/mol. The molecule has 1 amide bonds. The average molecular weight is 393 g/mol. The molecule has 1 aliphatic carbocycles. The predicted octanol–water partition coefficient (Wildman–Crippen LogP) is 3.93. The van der Waals surface area contributed by atoms with Crippen LogP contribution < -0.4 is 11.1 Å². The molecular formula is C14H18ClIN2O. The van der Waals surface area contributed by atoms with Crippen LogP contribution in [0.4, 0.5) is 5.69 Å². The molecule has 0 aliphatic heterocycles. The Hall–Kier alpha value is -0.330. The van der Waals surface area contributed by atoms with Crippen LogP contribution in [-0.2, 0) is 4.79 Å². The van der Waals surface area contributed by atoms with Crippen LogP contribution in [0.1, 0.15) is 38.5 Å². The number of hydrogen-bond acceptors (Lipinski definition) is 2. The lowest BCUT2D eigenvalue weighted by Gasteiger charge is -2.32. The molecular weight excluding hydrogens is 375 g/mol. The Kier molecular flexibility index (Phi) is 5.09. The highest BCUT2D eigenvalue weighted by atomic mass is 127. The number of halogens is 2. The second kappa shape index (κ2) is 6.41. The van der Waals surface area contributed by atoms with Gasteiger partial charge in [0.25, 0.3) is 0 Å². The van der Waals surface area contributed by atoms with Crippen LogP contribution in [0, 0.1) is 3.57 Å². The molecule has 0 spiro atoms. The summed E-state index contributed by atoms with van der Waals surface area (Å²) < 4.78 is 1.04. The van der Waals surface area contributed by atoms with Gasteiger partial charge in [-0.3, -0.25) is 4.79 Å². The summed E-state index contributed by atoms with van der Waals surface area (Å²) in [7, 11) is 0. The van der Waals surface area contributed by atoms with E-state index in [1.807, 2.05) is 18.2 Å². The van der Waals surface area contributed by atoms with Crippen LogP contribution in [0.25, 0.3) is 0 Å². The number of carbonyl (C=O) groups excluding carboxylic acids is 1. The van der Waals surface area contributed by atoms with Gasteiger partial charge in [-0.15, -0.1) is 0 Å². The minimum atomic E-state index is -0.335. The lowest BCUT2D eigenvalue weighted by atomic mass is 9.80. The second-order valence-electron chi connectivity index (χ2n) is 5.27. The maximum atomic E-state index is 12.1. The van der Waals surface area contributed by atoms with Crippen molar-refractivity contribution in [2.24, 2.45) is 5.73 Å². The molecule has 1 aliphatic rings. The molecule has 1 aromatic carbocycles. The molecule has 0 heterocycles. The summed E-state index contributed by atoms with van der Waals surface area (Å²) in [6, 6.07) is 5.57. The fourth-order valence-electron chi connectivity index (χ4n) is 2.54. The topological polar surface area (TPSA) is 55.1 Å². The second-order valence-corrected chi connectivity index (χ2v) is 6.92. The van der Waals surface area contributed by atoms with Gasteiger partial charge in [0.2, 0.25) is 5.91 Å². The van der Waals surface area contributed by atoms with E-state index in [1.54, 1.807) is 0 Å². The van der Waals surface area contributed by atoms with Gasteiger partial charge in [0.15, 0.2) is 0 Å². The summed E-state index contributed by atoms with van der Waals surface area (Å²) >= 11 is 8.29. The predicted molar refractivity (Wildman–Crippen MR) is 87.4 cm³/mol. The Morgan fingerprint density at radius 1 is 1.37 bits per heavy atom. The zero-order valence-electron chi connectivity index (χ0n) is 10.7. The van der Waals surface area contributed by atoms with E-state index in [1.165, 1.54) is 6.42 Å². The molecule has 19 heavy (non-hydrogen) atoms. The first-order valence-electron chi connectivity index (χ1n) is 6.52. The fraction of sp³-hybridized carbons (Fsp3) is 0.500. The molecule has 0 atom stereocenters. The van der Waals surface area contributed by atoms with Gasteiger partial charge in [-0.25, -0.2) is 0 Å². The van der Waals surface area contributed by atoms with E-state index >= 15 is 0 Å². The van der Waals surface area contributed by atoms with E-state index in [4.69, 9.17) is 17.3 Å². The van der Waals surface area contributed by atoms with Crippen molar-refractivity contribution in [1.29, 1.82) is 0 Å². The zero-order valence-corrected chi connectivity index (χ0v) is 13.6. The van der Waals surface area contributed by atoms with Crippen molar-refractivity contribution in [2.75, 3.05) is 5.32 Å². The van der Waals surface area contributed by atoms with Gasteiger partial charge in [0, 0.05) is 15.5 Å². The number of anilines is 1. The van der Waals surface area contributed by atoms with Crippen molar-refractivity contribution >= 4 is 45.8 Å². The Morgan fingerprint density at radius 2 is 2.05 bits per heavy atom. The maximum Gasteiger partial charge on any atom is 0.226 e. The highest BCUT2D eigenvalue weighted by Gasteiger charge is 2.30. The van der Waals surface area contributed by atoms with Crippen LogP contribution >= 0.6 is 34.2 Å².